The first-order valence-corrected chi connectivity index (χ1v) is 13.2. The Kier molecular flexibility index (Phi) is 7.64. The van der Waals surface area contributed by atoms with Gasteiger partial charge in [-0.25, -0.2) is 8.42 Å². The van der Waals surface area contributed by atoms with Gasteiger partial charge in [-0.3, -0.25) is 4.98 Å². The maximum absolute atomic E-state index is 12.9. The number of methoxy groups -OCH3 is 2. The van der Waals surface area contributed by atoms with Crippen LogP contribution in [0.1, 0.15) is 25.3 Å². The normalized spacial score (nSPS) is 11.5. The Hall–Kier alpha value is -3.78. The van der Waals surface area contributed by atoms with Crippen LogP contribution in [0.3, 0.4) is 0 Å². The Morgan fingerprint density at radius 3 is 2.22 bits per heavy atom. The zero-order valence-corrected chi connectivity index (χ0v) is 21.5. The Morgan fingerprint density at radius 2 is 1.53 bits per heavy atom. The molecule has 188 valence electrons. The van der Waals surface area contributed by atoms with Crippen molar-refractivity contribution in [1.29, 1.82) is 0 Å². The minimum Gasteiger partial charge on any atom is -0.493 e. The van der Waals surface area contributed by atoms with Crippen molar-refractivity contribution in [2.24, 2.45) is 0 Å². The van der Waals surface area contributed by atoms with Gasteiger partial charge in [0.15, 0.2) is 21.3 Å². The topological polar surface area (TPSA) is 84.0 Å². The number of benzene rings is 3. The van der Waals surface area contributed by atoms with Gasteiger partial charge >= 0.3 is 0 Å². The predicted molar refractivity (Wildman–Crippen MR) is 139 cm³/mol. The van der Waals surface area contributed by atoms with Crippen LogP contribution in [0.25, 0.3) is 10.9 Å². The fraction of sp³-hybridized carbons (Fsp3) is 0.250. The second kappa shape index (κ2) is 10.9. The van der Waals surface area contributed by atoms with Crippen LogP contribution in [0.4, 0.5) is 0 Å². The Labute approximate surface area is 211 Å². The summed E-state index contributed by atoms with van der Waals surface area (Å²) in [6.45, 7) is 4.22. The summed E-state index contributed by atoms with van der Waals surface area (Å²) in [4.78, 5) is 4.58. The summed E-state index contributed by atoms with van der Waals surface area (Å²) in [6.07, 6.45) is 1.64. The molecular weight excluding hydrogens is 478 g/mol. The molecule has 1 heterocycles. The molecule has 0 aliphatic heterocycles. The number of fused-ring (bicyclic) bond motifs is 1. The number of ether oxygens (including phenoxy) is 4. The summed E-state index contributed by atoms with van der Waals surface area (Å²) < 4.78 is 48.3. The Morgan fingerprint density at radius 1 is 0.833 bits per heavy atom. The first kappa shape index (κ1) is 25.3. The molecule has 0 saturated heterocycles. The molecule has 0 fully saturated rings. The lowest BCUT2D eigenvalue weighted by atomic mass is 10.0. The number of nitrogens with zero attached hydrogens (tertiary/aromatic N) is 1. The summed E-state index contributed by atoms with van der Waals surface area (Å²) in [7, 11) is -0.396. The minimum absolute atomic E-state index is 0.0681. The van der Waals surface area contributed by atoms with Crippen LogP contribution in [0.5, 0.6) is 28.7 Å². The van der Waals surface area contributed by atoms with Crippen molar-refractivity contribution in [1.82, 2.24) is 4.98 Å². The van der Waals surface area contributed by atoms with E-state index in [4.69, 9.17) is 18.9 Å². The average Bonchev–Trinajstić information content (AvgIpc) is 2.88. The van der Waals surface area contributed by atoms with E-state index in [1.54, 1.807) is 62.9 Å². The fourth-order valence-corrected chi connectivity index (χ4v) is 4.94. The number of para-hydroxylation sites is 1. The summed E-state index contributed by atoms with van der Waals surface area (Å²) in [6, 6.07) is 19.4. The number of hydrogen-bond acceptors (Lipinski definition) is 7. The molecule has 0 N–H and O–H groups in total. The summed E-state index contributed by atoms with van der Waals surface area (Å²) in [5.74, 6) is 3.06. The summed E-state index contributed by atoms with van der Waals surface area (Å²) in [5.41, 5.74) is 1.74. The van der Waals surface area contributed by atoms with Gasteiger partial charge in [0.05, 0.1) is 30.4 Å². The van der Waals surface area contributed by atoms with Crippen LogP contribution < -0.4 is 18.9 Å². The van der Waals surface area contributed by atoms with E-state index in [2.05, 4.69) is 18.8 Å². The van der Waals surface area contributed by atoms with Crippen LogP contribution in [-0.2, 0) is 9.84 Å². The molecule has 0 aliphatic rings. The maximum atomic E-state index is 12.9. The number of aromatic nitrogens is 1. The molecule has 8 heteroatoms. The molecule has 3 aromatic carbocycles. The van der Waals surface area contributed by atoms with Crippen molar-refractivity contribution < 1.29 is 27.4 Å². The first-order chi connectivity index (χ1) is 17.3. The number of sulfone groups is 1. The van der Waals surface area contributed by atoms with Crippen LogP contribution in [0, 0.1) is 0 Å². The van der Waals surface area contributed by atoms with E-state index in [1.807, 2.05) is 24.3 Å². The lowest BCUT2D eigenvalue weighted by Crippen LogP contribution is -2.15. The highest BCUT2D eigenvalue weighted by atomic mass is 32.2. The van der Waals surface area contributed by atoms with Crippen molar-refractivity contribution in [3.05, 3.63) is 78.5 Å². The molecule has 0 saturated carbocycles. The van der Waals surface area contributed by atoms with E-state index in [-0.39, 0.29) is 23.2 Å². The predicted octanol–water partition coefficient (Wildman–Crippen LogP) is 6.02. The van der Waals surface area contributed by atoms with E-state index in [1.165, 1.54) is 0 Å². The summed E-state index contributed by atoms with van der Waals surface area (Å²) in [5, 5.41) is 0.741. The Bertz CT molecular complexity index is 1450. The largest absolute Gasteiger partial charge is 0.493 e. The monoisotopic (exact) mass is 507 g/mol. The molecule has 0 spiro atoms. The molecular formula is C28H29NO6S. The van der Waals surface area contributed by atoms with Gasteiger partial charge in [0, 0.05) is 17.6 Å². The summed E-state index contributed by atoms with van der Waals surface area (Å²) >= 11 is 0. The van der Waals surface area contributed by atoms with Gasteiger partial charge in [-0.05, 0) is 53.9 Å². The second-order valence-electron chi connectivity index (χ2n) is 8.47. The minimum atomic E-state index is -3.53. The lowest BCUT2D eigenvalue weighted by Gasteiger charge is -2.14. The van der Waals surface area contributed by atoms with Gasteiger partial charge in [-0.1, -0.05) is 32.0 Å². The van der Waals surface area contributed by atoms with Gasteiger partial charge in [0.2, 0.25) is 0 Å². The van der Waals surface area contributed by atoms with Crippen molar-refractivity contribution in [3.63, 3.8) is 0 Å². The molecule has 0 atom stereocenters. The maximum Gasteiger partial charge on any atom is 0.181 e. The van der Waals surface area contributed by atoms with E-state index in [0.717, 1.165) is 10.9 Å². The standard InChI is InChI=1S/C28H29NO6S/c1-19(2)22-7-5-6-8-25(22)34-15-16-36(30,31)21-11-9-20(10-12-21)35-26-13-14-29-24-18-28(33-4)27(32-3)17-23(24)26/h5-14,17-19H,15-16H2,1-4H3. The molecule has 1 aromatic heterocycles. The zero-order chi connectivity index (χ0) is 25.7. The fourth-order valence-electron chi connectivity index (χ4n) is 3.85. The first-order valence-electron chi connectivity index (χ1n) is 11.6. The SMILES string of the molecule is COc1cc2nccc(Oc3ccc(S(=O)(=O)CCOc4ccccc4C(C)C)cc3)c2cc1OC. The smallest absolute Gasteiger partial charge is 0.181 e. The van der Waals surface area contributed by atoms with E-state index in [9.17, 15) is 8.42 Å². The second-order valence-corrected chi connectivity index (χ2v) is 10.6. The molecule has 0 aliphatic carbocycles. The van der Waals surface area contributed by atoms with Crippen LogP contribution in [-0.4, -0.2) is 40.0 Å². The quantitative estimate of drug-likeness (QED) is 0.259. The van der Waals surface area contributed by atoms with Gasteiger partial charge in [-0.15, -0.1) is 0 Å². The molecule has 4 aromatic rings. The molecule has 0 unspecified atom stereocenters. The number of rotatable bonds is 10. The van der Waals surface area contributed by atoms with Crippen molar-refractivity contribution in [2.45, 2.75) is 24.7 Å². The molecule has 7 nitrogen and oxygen atoms in total. The highest BCUT2D eigenvalue weighted by Crippen LogP contribution is 2.37. The molecule has 0 bridgehead atoms. The van der Waals surface area contributed by atoms with Gasteiger partial charge in [0.1, 0.15) is 23.9 Å². The lowest BCUT2D eigenvalue weighted by molar-refractivity contribution is 0.336. The highest BCUT2D eigenvalue weighted by molar-refractivity contribution is 7.91. The molecule has 0 amide bonds. The third kappa shape index (κ3) is 5.54. The van der Waals surface area contributed by atoms with Crippen molar-refractivity contribution in [2.75, 3.05) is 26.6 Å². The van der Waals surface area contributed by atoms with Gasteiger partial charge in [-0.2, -0.15) is 0 Å². The van der Waals surface area contributed by atoms with Crippen LogP contribution in [0.15, 0.2) is 77.8 Å². The van der Waals surface area contributed by atoms with Crippen LogP contribution in [0.2, 0.25) is 0 Å². The third-order valence-corrected chi connectivity index (χ3v) is 7.46. The van der Waals surface area contributed by atoms with Gasteiger partial charge < -0.3 is 18.9 Å². The van der Waals surface area contributed by atoms with Crippen molar-refractivity contribution >= 4 is 20.7 Å². The van der Waals surface area contributed by atoms with E-state index < -0.39 is 9.84 Å². The molecule has 4 rings (SSSR count). The van der Waals surface area contributed by atoms with Crippen LogP contribution >= 0.6 is 0 Å². The number of pyridine rings is 1. The molecule has 36 heavy (non-hydrogen) atoms. The zero-order valence-electron chi connectivity index (χ0n) is 20.7. The van der Waals surface area contributed by atoms with Gasteiger partial charge in [0.25, 0.3) is 0 Å². The average molecular weight is 508 g/mol. The Balaban J connectivity index is 1.47. The highest BCUT2D eigenvalue weighted by Gasteiger charge is 2.17. The third-order valence-electron chi connectivity index (χ3n) is 5.77. The number of hydrogen-bond donors (Lipinski definition) is 0. The molecule has 0 radical (unpaired) electrons. The van der Waals surface area contributed by atoms with E-state index >= 15 is 0 Å². The van der Waals surface area contributed by atoms with E-state index in [0.29, 0.717) is 34.3 Å². The van der Waals surface area contributed by atoms with Crippen molar-refractivity contribution in [3.8, 4) is 28.7 Å².